The van der Waals surface area contributed by atoms with Crippen molar-refractivity contribution in [2.75, 3.05) is 64.4 Å². The maximum atomic E-state index is 15.5. The lowest BCUT2D eigenvalue weighted by Gasteiger charge is -2.43. The summed E-state index contributed by atoms with van der Waals surface area (Å²) in [7, 11) is 2.03. The summed E-state index contributed by atoms with van der Waals surface area (Å²) in [6.07, 6.45) is 6.56. The highest BCUT2D eigenvalue weighted by molar-refractivity contribution is 5.91. The zero-order valence-corrected chi connectivity index (χ0v) is 30.1. The lowest BCUT2D eigenvalue weighted by atomic mass is 9.75. The van der Waals surface area contributed by atoms with Crippen molar-refractivity contribution in [1.29, 1.82) is 0 Å². The van der Waals surface area contributed by atoms with Crippen LogP contribution >= 0.6 is 0 Å². The van der Waals surface area contributed by atoms with Gasteiger partial charge in [-0.2, -0.15) is 5.10 Å². The van der Waals surface area contributed by atoms with E-state index in [-0.39, 0.29) is 60.4 Å². The molecular weight excluding hydrogens is 656 g/mol. The van der Waals surface area contributed by atoms with Crippen LogP contribution < -0.4 is 4.90 Å². The van der Waals surface area contributed by atoms with Crippen molar-refractivity contribution in [2.45, 2.75) is 88.9 Å². The van der Waals surface area contributed by atoms with E-state index >= 15 is 9.18 Å². The first-order valence-corrected chi connectivity index (χ1v) is 18.7. The van der Waals surface area contributed by atoms with E-state index in [0.717, 1.165) is 51.3 Å². The molecule has 5 atom stereocenters. The van der Waals surface area contributed by atoms with Gasteiger partial charge >= 0.3 is 0 Å². The molecule has 3 amide bonds. The molecule has 7 rings (SSSR count). The van der Waals surface area contributed by atoms with Gasteiger partial charge in [0.2, 0.25) is 11.8 Å². The van der Waals surface area contributed by atoms with E-state index in [2.05, 4.69) is 28.9 Å². The third-order valence-electron chi connectivity index (χ3n) is 12.1. The van der Waals surface area contributed by atoms with Crippen LogP contribution in [0.1, 0.15) is 70.3 Å². The van der Waals surface area contributed by atoms with Crippen LogP contribution in [0.25, 0.3) is 0 Å². The topological polar surface area (TPSA) is 102 Å². The van der Waals surface area contributed by atoms with Gasteiger partial charge < -0.3 is 29.2 Å². The summed E-state index contributed by atoms with van der Waals surface area (Å²) in [5.41, 5.74) is 0.438. The first-order chi connectivity index (χ1) is 24.5. The van der Waals surface area contributed by atoms with E-state index in [1.54, 1.807) is 23.2 Å². The van der Waals surface area contributed by atoms with Crippen LogP contribution in [0.2, 0.25) is 0 Å². The fraction of sp³-hybridized carbons (Fsp3) is 0.658. The van der Waals surface area contributed by atoms with Crippen molar-refractivity contribution in [1.82, 2.24) is 29.8 Å². The predicted molar refractivity (Wildman–Crippen MR) is 187 cm³/mol. The molecule has 0 radical (unpaired) electrons. The third kappa shape index (κ3) is 7.46. The molecule has 4 aliphatic heterocycles. The minimum atomic E-state index is -0.769. The second kappa shape index (κ2) is 14.7. The van der Waals surface area contributed by atoms with Gasteiger partial charge in [0.05, 0.1) is 12.0 Å². The molecule has 1 aromatic heterocycles. The van der Waals surface area contributed by atoms with Crippen molar-refractivity contribution in [3.63, 3.8) is 0 Å². The molecule has 2 aromatic rings. The number of nitrogens with zero attached hydrogens (tertiary/aromatic N) is 7. The number of hydrogen-bond acceptors (Lipinski definition) is 8. The van der Waals surface area contributed by atoms with Crippen LogP contribution in [-0.2, 0) is 19.1 Å². The van der Waals surface area contributed by atoms with Crippen molar-refractivity contribution in [3.05, 3.63) is 53.7 Å². The normalized spacial score (nSPS) is 28.7. The molecule has 0 unspecified atom stereocenters. The number of piperazine rings is 1. The summed E-state index contributed by atoms with van der Waals surface area (Å²) in [5.74, 6) is -2.63. The van der Waals surface area contributed by atoms with Gasteiger partial charge in [-0.3, -0.25) is 14.4 Å². The first-order valence-electron chi connectivity index (χ1n) is 18.7. The number of carbonyl (C=O) groups is 3. The number of likely N-dealkylation sites (N-methyl/N-ethyl adjacent to an activating group) is 1. The number of amides is 3. The molecule has 0 N–H and O–H groups in total. The van der Waals surface area contributed by atoms with Gasteiger partial charge in [0.15, 0.2) is 5.82 Å². The van der Waals surface area contributed by atoms with Gasteiger partial charge in [-0.15, -0.1) is 5.10 Å². The van der Waals surface area contributed by atoms with Crippen LogP contribution in [0.4, 0.5) is 14.6 Å². The number of likely N-dealkylation sites (tertiary alicyclic amines) is 1. The summed E-state index contributed by atoms with van der Waals surface area (Å²) in [5, 5.41) is 8.27. The molecule has 51 heavy (non-hydrogen) atoms. The number of anilines is 1. The summed E-state index contributed by atoms with van der Waals surface area (Å²) in [6, 6.07) is 5.91. The zero-order valence-electron chi connectivity index (χ0n) is 30.1. The highest BCUT2D eigenvalue weighted by Gasteiger charge is 2.51. The average molecular weight is 708 g/mol. The molecule has 5 aliphatic rings. The Morgan fingerprint density at radius 1 is 0.941 bits per heavy atom. The smallest absolute Gasteiger partial charge is 0.252 e. The monoisotopic (exact) mass is 707 g/mol. The van der Waals surface area contributed by atoms with E-state index in [1.165, 1.54) is 12.1 Å². The predicted octanol–water partition coefficient (Wildman–Crippen LogP) is 3.69. The van der Waals surface area contributed by atoms with Crippen molar-refractivity contribution < 1.29 is 27.9 Å². The van der Waals surface area contributed by atoms with E-state index in [4.69, 9.17) is 4.74 Å². The molecule has 4 saturated heterocycles. The fourth-order valence-electron chi connectivity index (χ4n) is 9.02. The van der Waals surface area contributed by atoms with Gasteiger partial charge in [0.1, 0.15) is 23.8 Å². The second-order valence-electron chi connectivity index (χ2n) is 16.0. The van der Waals surface area contributed by atoms with Gasteiger partial charge in [0, 0.05) is 76.6 Å². The molecule has 13 heteroatoms. The number of rotatable bonds is 7. The minimum absolute atomic E-state index is 0.00569. The maximum absolute atomic E-state index is 15.5. The molecule has 1 aliphatic carbocycles. The standard InChI is InChI=1S/C38H51F2N7O4/c1-38(2)12-10-26(11-13-38)47(37(50)33-6-5-19-51-33)27-21-32(36(49)44-17-15-43(3)16-18-44)46(22-27)35(48)30-24-45(34-7-4-14-41-42-34)23-29(30)28-9-8-25(39)20-31(28)40/h4,7-9,14,20,26-27,29-30,32-33H,5-6,10-13,15-19,21-24H2,1-3H3/t27-,29-,30+,32-,33-/m0/s1. The van der Waals surface area contributed by atoms with E-state index < -0.39 is 35.6 Å². The lowest BCUT2D eigenvalue weighted by molar-refractivity contribution is -0.148. The minimum Gasteiger partial charge on any atom is -0.368 e. The van der Waals surface area contributed by atoms with Crippen LogP contribution in [0.15, 0.2) is 36.5 Å². The Balaban J connectivity index is 1.23. The van der Waals surface area contributed by atoms with Crippen LogP contribution in [0.3, 0.4) is 0 Å². The highest BCUT2D eigenvalue weighted by Crippen LogP contribution is 2.42. The molecule has 1 saturated carbocycles. The Morgan fingerprint density at radius 3 is 2.37 bits per heavy atom. The van der Waals surface area contributed by atoms with Gasteiger partial charge in [0.25, 0.3) is 5.91 Å². The van der Waals surface area contributed by atoms with Gasteiger partial charge in [-0.1, -0.05) is 19.9 Å². The van der Waals surface area contributed by atoms with Crippen molar-refractivity contribution >= 4 is 23.5 Å². The third-order valence-corrected chi connectivity index (χ3v) is 12.1. The number of hydrogen-bond donors (Lipinski definition) is 0. The Bertz CT molecular complexity index is 1570. The Labute approximate surface area is 299 Å². The summed E-state index contributed by atoms with van der Waals surface area (Å²) in [4.78, 5) is 53.5. The molecule has 0 bridgehead atoms. The van der Waals surface area contributed by atoms with Crippen molar-refractivity contribution in [3.8, 4) is 0 Å². The first kappa shape index (κ1) is 35.7. The zero-order chi connectivity index (χ0) is 35.9. The number of ether oxygens (including phenoxy) is 1. The van der Waals surface area contributed by atoms with Gasteiger partial charge in [-0.25, -0.2) is 8.78 Å². The molecule has 11 nitrogen and oxygen atoms in total. The number of halogens is 2. The van der Waals surface area contributed by atoms with E-state index in [1.807, 2.05) is 21.7 Å². The quantitative estimate of drug-likeness (QED) is 0.430. The van der Waals surface area contributed by atoms with Crippen LogP contribution in [0.5, 0.6) is 0 Å². The highest BCUT2D eigenvalue weighted by atomic mass is 19.1. The molecule has 5 heterocycles. The largest absolute Gasteiger partial charge is 0.368 e. The molecule has 276 valence electrons. The van der Waals surface area contributed by atoms with Gasteiger partial charge in [-0.05, 0) is 81.2 Å². The number of carbonyl (C=O) groups excluding carboxylic acids is 3. The molecule has 5 fully saturated rings. The second-order valence-corrected chi connectivity index (χ2v) is 16.0. The van der Waals surface area contributed by atoms with E-state index in [9.17, 15) is 14.0 Å². The Hall–Kier alpha value is -3.71. The van der Waals surface area contributed by atoms with E-state index in [0.29, 0.717) is 38.4 Å². The SMILES string of the molecule is CN1CCN(C(=O)[C@@H]2C[C@H](N(C(=O)[C@@H]3CCCO3)C3CCC(C)(C)CC3)CN2C(=O)[C@@H]2CN(c3cccnn3)C[C@H]2c2ccc(F)cc2F)CC1. The number of benzene rings is 1. The fourth-order valence-corrected chi connectivity index (χ4v) is 9.02. The Morgan fingerprint density at radius 2 is 1.71 bits per heavy atom. The van der Waals surface area contributed by atoms with Crippen LogP contribution in [-0.4, -0.2) is 131 Å². The Kier molecular flexibility index (Phi) is 10.3. The summed E-state index contributed by atoms with van der Waals surface area (Å²) < 4.78 is 35.5. The summed E-state index contributed by atoms with van der Waals surface area (Å²) >= 11 is 0. The molecular formula is C38H51F2N7O4. The van der Waals surface area contributed by atoms with Crippen molar-refractivity contribution in [2.24, 2.45) is 11.3 Å². The number of aromatic nitrogens is 2. The lowest BCUT2D eigenvalue weighted by Crippen LogP contribution is -2.54. The average Bonchev–Trinajstić information content (AvgIpc) is 3.90. The van der Waals surface area contributed by atoms with Crippen LogP contribution in [0, 0.1) is 23.0 Å². The maximum Gasteiger partial charge on any atom is 0.252 e. The summed E-state index contributed by atoms with van der Waals surface area (Å²) in [6.45, 7) is 8.38. The molecule has 1 aromatic carbocycles. The molecule has 0 spiro atoms.